The predicted octanol–water partition coefficient (Wildman–Crippen LogP) is 2.14. The minimum absolute atomic E-state index is 0.233. The molecule has 0 bridgehead atoms. The molecule has 10 heteroatoms. The van der Waals surface area contributed by atoms with Crippen LogP contribution in [0.25, 0.3) is 0 Å². The average Bonchev–Trinajstić information content (AvgIpc) is 2.86. The number of fused-ring (bicyclic) bond motifs is 1. The monoisotopic (exact) mass is 363 g/mol. The van der Waals surface area contributed by atoms with Gasteiger partial charge in [0, 0.05) is 24.2 Å². The van der Waals surface area contributed by atoms with Crippen LogP contribution in [0.3, 0.4) is 0 Å². The number of nitro benzene ring substituents is 1. The van der Waals surface area contributed by atoms with Gasteiger partial charge in [-0.2, -0.15) is 0 Å². The van der Waals surface area contributed by atoms with E-state index in [1.54, 1.807) is 0 Å². The molecule has 0 atom stereocenters. The second-order valence-corrected chi connectivity index (χ2v) is 5.31. The van der Waals surface area contributed by atoms with Crippen LogP contribution in [0.4, 0.5) is 20.2 Å². The van der Waals surface area contributed by atoms with E-state index in [0.29, 0.717) is 4.90 Å². The zero-order valence-electron chi connectivity index (χ0n) is 13.3. The maximum absolute atomic E-state index is 14.4. The summed E-state index contributed by atoms with van der Waals surface area (Å²) >= 11 is 0. The lowest BCUT2D eigenvalue weighted by atomic mass is 10.1. The molecule has 3 rings (SSSR count). The SMILES string of the molecule is COc1c(F)cc(N2C(=O)c3cccc([N+](=O)[O-])c3C2=O)c(CN)c1F. The van der Waals surface area contributed by atoms with Gasteiger partial charge in [-0.15, -0.1) is 0 Å². The Bertz CT molecular complexity index is 977. The highest BCUT2D eigenvalue weighted by Crippen LogP contribution is 2.38. The van der Waals surface area contributed by atoms with E-state index < -0.39 is 57.6 Å². The van der Waals surface area contributed by atoms with E-state index in [-0.39, 0.29) is 11.1 Å². The zero-order valence-corrected chi connectivity index (χ0v) is 13.3. The summed E-state index contributed by atoms with van der Waals surface area (Å²) in [5, 5.41) is 11.1. The summed E-state index contributed by atoms with van der Waals surface area (Å²) in [5.41, 5.74) is 3.48. The number of rotatable bonds is 4. The number of nitrogens with zero attached hydrogens (tertiary/aromatic N) is 2. The number of hydrogen-bond donors (Lipinski definition) is 1. The molecule has 2 N–H and O–H groups in total. The first kappa shape index (κ1) is 17.4. The number of hydrogen-bond acceptors (Lipinski definition) is 6. The summed E-state index contributed by atoms with van der Waals surface area (Å²) in [5.74, 6) is -5.01. The van der Waals surface area contributed by atoms with Gasteiger partial charge in [-0.25, -0.2) is 13.7 Å². The highest BCUT2D eigenvalue weighted by atomic mass is 19.1. The number of carbonyl (C=O) groups excluding carboxylic acids is 2. The fourth-order valence-corrected chi connectivity index (χ4v) is 2.85. The summed E-state index contributed by atoms with van der Waals surface area (Å²) in [6, 6.07) is 4.26. The normalized spacial score (nSPS) is 13.2. The van der Waals surface area contributed by atoms with E-state index in [0.717, 1.165) is 19.2 Å². The van der Waals surface area contributed by atoms with Crippen molar-refractivity contribution in [3.8, 4) is 5.75 Å². The fourth-order valence-electron chi connectivity index (χ4n) is 2.85. The third-order valence-electron chi connectivity index (χ3n) is 3.99. The minimum atomic E-state index is -1.16. The number of halogens is 2. The van der Waals surface area contributed by atoms with E-state index >= 15 is 0 Å². The predicted molar refractivity (Wildman–Crippen MR) is 85.0 cm³/mol. The molecule has 2 aromatic rings. The fraction of sp³-hybridized carbons (Fsp3) is 0.125. The van der Waals surface area contributed by atoms with Crippen molar-refractivity contribution in [2.45, 2.75) is 6.54 Å². The molecule has 0 spiro atoms. The number of ether oxygens (including phenoxy) is 1. The molecule has 0 saturated heterocycles. The molecule has 0 aliphatic carbocycles. The molecule has 1 heterocycles. The van der Waals surface area contributed by atoms with Gasteiger partial charge in [-0.1, -0.05) is 6.07 Å². The Hall–Kier alpha value is -3.40. The maximum Gasteiger partial charge on any atom is 0.283 e. The lowest BCUT2D eigenvalue weighted by Gasteiger charge is -2.19. The van der Waals surface area contributed by atoms with Gasteiger partial charge in [-0.05, 0) is 6.07 Å². The van der Waals surface area contributed by atoms with Gasteiger partial charge >= 0.3 is 0 Å². The van der Waals surface area contributed by atoms with Crippen molar-refractivity contribution in [3.05, 3.63) is 62.7 Å². The van der Waals surface area contributed by atoms with Crippen molar-refractivity contribution < 1.29 is 28.0 Å². The van der Waals surface area contributed by atoms with Crippen LogP contribution in [-0.2, 0) is 6.54 Å². The molecular weight excluding hydrogens is 352 g/mol. The number of anilines is 1. The molecule has 8 nitrogen and oxygen atoms in total. The van der Waals surface area contributed by atoms with E-state index in [9.17, 15) is 28.5 Å². The summed E-state index contributed by atoms with van der Waals surface area (Å²) in [7, 11) is 1.05. The number of nitrogens with two attached hydrogens (primary N) is 1. The number of benzene rings is 2. The van der Waals surface area contributed by atoms with Crippen molar-refractivity contribution in [2.24, 2.45) is 5.73 Å². The van der Waals surface area contributed by atoms with Gasteiger partial charge in [0.15, 0.2) is 17.4 Å². The topological polar surface area (TPSA) is 116 Å². The highest BCUT2D eigenvalue weighted by molar-refractivity contribution is 6.35. The third-order valence-corrected chi connectivity index (χ3v) is 3.99. The molecule has 2 aromatic carbocycles. The standard InChI is InChI=1S/C16H11F2N3O5/c1-26-14-9(17)5-11(8(6-19)13(14)18)20-15(22)7-3-2-4-10(21(24)25)12(7)16(20)23/h2-5H,6,19H2,1H3. The average molecular weight is 363 g/mol. The summed E-state index contributed by atoms with van der Waals surface area (Å²) < 4.78 is 33.2. The van der Waals surface area contributed by atoms with Crippen LogP contribution in [0.5, 0.6) is 5.75 Å². The molecule has 26 heavy (non-hydrogen) atoms. The molecule has 0 radical (unpaired) electrons. The molecule has 0 aromatic heterocycles. The van der Waals surface area contributed by atoms with Crippen LogP contribution in [0.1, 0.15) is 26.3 Å². The second kappa shape index (κ2) is 6.15. The number of nitro groups is 1. The lowest BCUT2D eigenvalue weighted by Crippen LogP contribution is -2.31. The van der Waals surface area contributed by atoms with Crippen molar-refractivity contribution in [1.29, 1.82) is 0 Å². The van der Waals surface area contributed by atoms with Crippen molar-refractivity contribution in [3.63, 3.8) is 0 Å². The first-order chi connectivity index (χ1) is 12.3. The molecule has 0 unspecified atom stereocenters. The van der Waals surface area contributed by atoms with Crippen LogP contribution in [0.15, 0.2) is 24.3 Å². The van der Waals surface area contributed by atoms with Crippen molar-refractivity contribution in [2.75, 3.05) is 12.0 Å². The number of amides is 2. The first-order valence-electron chi connectivity index (χ1n) is 7.24. The molecule has 134 valence electrons. The quantitative estimate of drug-likeness (QED) is 0.505. The van der Waals surface area contributed by atoms with E-state index in [4.69, 9.17) is 5.73 Å². The number of carbonyl (C=O) groups is 2. The Morgan fingerprint density at radius 2 is 1.96 bits per heavy atom. The molecule has 1 aliphatic heterocycles. The maximum atomic E-state index is 14.4. The number of imide groups is 1. The Morgan fingerprint density at radius 1 is 1.27 bits per heavy atom. The van der Waals surface area contributed by atoms with E-state index in [2.05, 4.69) is 4.74 Å². The molecule has 0 fully saturated rings. The Kier molecular flexibility index (Phi) is 4.12. The van der Waals surface area contributed by atoms with Crippen LogP contribution in [0, 0.1) is 21.7 Å². The first-order valence-corrected chi connectivity index (χ1v) is 7.24. The van der Waals surface area contributed by atoms with Crippen LogP contribution in [0.2, 0.25) is 0 Å². The largest absolute Gasteiger partial charge is 0.491 e. The van der Waals surface area contributed by atoms with Gasteiger partial charge in [0.1, 0.15) is 5.56 Å². The van der Waals surface area contributed by atoms with E-state index in [1.807, 2.05) is 0 Å². The van der Waals surface area contributed by atoms with E-state index in [1.165, 1.54) is 12.1 Å². The highest BCUT2D eigenvalue weighted by Gasteiger charge is 2.43. The molecule has 2 amide bonds. The summed E-state index contributed by atoms with van der Waals surface area (Å²) in [6.07, 6.45) is 0. The van der Waals surface area contributed by atoms with Gasteiger partial charge in [0.25, 0.3) is 17.5 Å². The molecule has 0 saturated carbocycles. The third kappa shape index (κ3) is 2.30. The van der Waals surface area contributed by atoms with Crippen LogP contribution in [-0.4, -0.2) is 23.8 Å². The number of methoxy groups -OCH3 is 1. The van der Waals surface area contributed by atoms with Gasteiger partial charge in [0.2, 0.25) is 0 Å². The second-order valence-electron chi connectivity index (χ2n) is 5.31. The van der Waals surface area contributed by atoms with Gasteiger partial charge in [0.05, 0.1) is 23.3 Å². The minimum Gasteiger partial charge on any atom is -0.491 e. The Morgan fingerprint density at radius 3 is 2.54 bits per heavy atom. The summed E-state index contributed by atoms with van der Waals surface area (Å²) in [4.78, 5) is 36.1. The summed E-state index contributed by atoms with van der Waals surface area (Å²) in [6.45, 7) is -0.465. The van der Waals surface area contributed by atoms with Crippen LogP contribution >= 0.6 is 0 Å². The lowest BCUT2D eigenvalue weighted by molar-refractivity contribution is -0.385. The van der Waals surface area contributed by atoms with Crippen molar-refractivity contribution >= 4 is 23.2 Å². The molecule has 1 aliphatic rings. The van der Waals surface area contributed by atoms with Crippen LogP contribution < -0.4 is 15.4 Å². The van der Waals surface area contributed by atoms with Crippen molar-refractivity contribution in [1.82, 2.24) is 0 Å². The Balaban J connectivity index is 2.24. The Labute approximate surface area is 144 Å². The zero-order chi connectivity index (χ0) is 19.2. The van der Waals surface area contributed by atoms with Gasteiger partial charge < -0.3 is 10.5 Å². The smallest absolute Gasteiger partial charge is 0.283 e. The van der Waals surface area contributed by atoms with Gasteiger partial charge in [-0.3, -0.25) is 19.7 Å². The molecular formula is C16H11F2N3O5.